The smallest absolute Gasteiger partial charge is 0.119 e. The molecule has 0 aromatic heterocycles. The van der Waals surface area contributed by atoms with Gasteiger partial charge in [-0.2, -0.15) is 0 Å². The minimum Gasteiger partial charge on any atom is -0.494 e. The summed E-state index contributed by atoms with van der Waals surface area (Å²) < 4.78 is 5.64. The van der Waals surface area contributed by atoms with Gasteiger partial charge in [0.05, 0.1) is 6.61 Å². The first-order chi connectivity index (χ1) is 7.72. The minimum absolute atomic E-state index is 0.556. The molecule has 0 bridgehead atoms. The van der Waals surface area contributed by atoms with E-state index in [0.29, 0.717) is 6.04 Å². The maximum Gasteiger partial charge on any atom is 0.119 e. The zero-order chi connectivity index (χ0) is 11.8. The summed E-state index contributed by atoms with van der Waals surface area (Å²) in [5.74, 6) is 0.961. The predicted molar refractivity (Wildman–Crippen MR) is 71.5 cm³/mol. The molecule has 0 aliphatic carbocycles. The van der Waals surface area contributed by atoms with Crippen molar-refractivity contribution in [3.05, 3.63) is 24.3 Å². The highest BCUT2D eigenvalue weighted by Crippen LogP contribution is 2.18. The van der Waals surface area contributed by atoms with Gasteiger partial charge in [-0.1, -0.05) is 13.8 Å². The number of hydrogen-bond acceptors (Lipinski definition) is 3. The summed E-state index contributed by atoms with van der Waals surface area (Å²) in [6.45, 7) is 6.10. The fourth-order valence-electron chi connectivity index (χ4n) is 1.32. The zero-order valence-corrected chi connectivity index (χ0v) is 11.1. The summed E-state index contributed by atoms with van der Waals surface area (Å²) in [7, 11) is 0. The summed E-state index contributed by atoms with van der Waals surface area (Å²) in [5, 5.41) is 3.37. The quantitative estimate of drug-likeness (QED) is 0.583. The molecule has 90 valence electrons. The van der Waals surface area contributed by atoms with Crippen LogP contribution in [0.25, 0.3) is 0 Å². The second-order valence-corrected chi connectivity index (χ2v) is 4.87. The van der Waals surface area contributed by atoms with E-state index in [1.165, 1.54) is 4.90 Å². The van der Waals surface area contributed by atoms with Crippen LogP contribution < -0.4 is 10.1 Å². The Morgan fingerprint density at radius 3 is 2.50 bits per heavy atom. The highest BCUT2D eigenvalue weighted by molar-refractivity contribution is 7.98. The van der Waals surface area contributed by atoms with Gasteiger partial charge < -0.3 is 10.1 Å². The van der Waals surface area contributed by atoms with Gasteiger partial charge in [-0.15, -0.1) is 11.8 Å². The van der Waals surface area contributed by atoms with E-state index < -0.39 is 0 Å². The number of rotatable bonds is 7. The Hall–Kier alpha value is -0.670. The Balaban J connectivity index is 2.16. The summed E-state index contributed by atoms with van der Waals surface area (Å²) in [6, 6.07) is 8.79. The lowest BCUT2D eigenvalue weighted by Gasteiger charge is -2.09. The molecule has 3 heteroatoms. The van der Waals surface area contributed by atoms with Gasteiger partial charge in [0.2, 0.25) is 0 Å². The third-order valence-electron chi connectivity index (χ3n) is 2.20. The van der Waals surface area contributed by atoms with E-state index in [-0.39, 0.29) is 0 Å². The van der Waals surface area contributed by atoms with Gasteiger partial charge >= 0.3 is 0 Å². The Morgan fingerprint density at radius 2 is 1.94 bits per heavy atom. The Morgan fingerprint density at radius 1 is 1.25 bits per heavy atom. The fourth-order valence-corrected chi connectivity index (χ4v) is 1.73. The molecule has 0 amide bonds. The second-order valence-electron chi connectivity index (χ2n) is 3.99. The first-order valence-corrected chi connectivity index (χ1v) is 6.95. The number of thioether (sulfide) groups is 1. The third kappa shape index (κ3) is 5.42. The van der Waals surface area contributed by atoms with Gasteiger partial charge in [0.25, 0.3) is 0 Å². The van der Waals surface area contributed by atoms with Gasteiger partial charge in [0.15, 0.2) is 0 Å². The SMILES string of the molecule is CSc1ccc(OCCCNC(C)C)cc1. The summed E-state index contributed by atoms with van der Waals surface area (Å²) in [6.07, 6.45) is 3.12. The number of ether oxygens (including phenoxy) is 1. The molecule has 0 heterocycles. The topological polar surface area (TPSA) is 21.3 Å². The molecule has 1 aromatic carbocycles. The van der Waals surface area contributed by atoms with Crippen LogP contribution in [0.1, 0.15) is 20.3 Å². The van der Waals surface area contributed by atoms with Crippen LogP contribution in [0, 0.1) is 0 Å². The zero-order valence-electron chi connectivity index (χ0n) is 10.3. The van der Waals surface area contributed by atoms with Gasteiger partial charge in [-0.05, 0) is 43.5 Å². The van der Waals surface area contributed by atoms with Crippen molar-refractivity contribution in [2.75, 3.05) is 19.4 Å². The lowest BCUT2D eigenvalue weighted by atomic mass is 10.3. The molecular weight excluding hydrogens is 218 g/mol. The van der Waals surface area contributed by atoms with Crippen molar-refractivity contribution >= 4 is 11.8 Å². The molecule has 0 aliphatic rings. The number of benzene rings is 1. The summed E-state index contributed by atoms with van der Waals surface area (Å²) >= 11 is 1.75. The first-order valence-electron chi connectivity index (χ1n) is 5.72. The van der Waals surface area contributed by atoms with Crippen molar-refractivity contribution in [3.8, 4) is 5.75 Å². The molecule has 1 rings (SSSR count). The molecule has 1 N–H and O–H groups in total. The van der Waals surface area contributed by atoms with Crippen molar-refractivity contribution in [2.24, 2.45) is 0 Å². The van der Waals surface area contributed by atoms with Crippen LogP contribution in [0.5, 0.6) is 5.75 Å². The summed E-state index contributed by atoms with van der Waals surface area (Å²) in [4.78, 5) is 1.27. The molecular formula is C13H21NOS. The third-order valence-corrected chi connectivity index (χ3v) is 2.95. The van der Waals surface area contributed by atoms with Gasteiger partial charge in [-0.3, -0.25) is 0 Å². The Labute approximate surface area is 103 Å². The van der Waals surface area contributed by atoms with Crippen LogP contribution in [0.4, 0.5) is 0 Å². The van der Waals surface area contributed by atoms with Gasteiger partial charge in [0.1, 0.15) is 5.75 Å². The Bertz CT molecular complexity index is 284. The molecule has 0 unspecified atom stereocenters. The normalized spacial score (nSPS) is 10.8. The summed E-state index contributed by atoms with van der Waals surface area (Å²) in [5.41, 5.74) is 0. The molecule has 2 nitrogen and oxygen atoms in total. The van der Waals surface area contributed by atoms with Crippen LogP contribution in [-0.4, -0.2) is 25.4 Å². The first kappa shape index (κ1) is 13.4. The van der Waals surface area contributed by atoms with Gasteiger partial charge in [0, 0.05) is 10.9 Å². The second kappa shape index (κ2) is 7.58. The molecule has 1 aromatic rings. The molecule has 0 saturated heterocycles. The standard InChI is InChI=1S/C13H21NOS/c1-11(2)14-9-4-10-15-12-5-7-13(16-3)8-6-12/h5-8,11,14H,4,9-10H2,1-3H3. The van der Waals surface area contributed by atoms with Crippen molar-refractivity contribution in [1.29, 1.82) is 0 Å². The van der Waals surface area contributed by atoms with E-state index in [1.807, 2.05) is 12.1 Å². The van der Waals surface area contributed by atoms with Crippen LogP contribution in [-0.2, 0) is 0 Å². The van der Waals surface area contributed by atoms with Crippen LogP contribution in [0.3, 0.4) is 0 Å². The van der Waals surface area contributed by atoms with Crippen LogP contribution >= 0.6 is 11.8 Å². The molecule has 16 heavy (non-hydrogen) atoms. The molecule has 0 spiro atoms. The minimum atomic E-state index is 0.556. The van der Waals surface area contributed by atoms with E-state index >= 15 is 0 Å². The van der Waals surface area contributed by atoms with Crippen molar-refractivity contribution < 1.29 is 4.74 Å². The number of nitrogens with one attached hydrogen (secondary N) is 1. The average Bonchev–Trinajstić information content (AvgIpc) is 2.29. The lowest BCUT2D eigenvalue weighted by molar-refractivity contribution is 0.306. The molecule has 0 radical (unpaired) electrons. The van der Waals surface area contributed by atoms with E-state index in [4.69, 9.17) is 4.74 Å². The van der Waals surface area contributed by atoms with Crippen molar-refractivity contribution in [1.82, 2.24) is 5.32 Å². The van der Waals surface area contributed by atoms with Crippen molar-refractivity contribution in [2.45, 2.75) is 31.2 Å². The van der Waals surface area contributed by atoms with E-state index in [1.54, 1.807) is 11.8 Å². The number of hydrogen-bond donors (Lipinski definition) is 1. The van der Waals surface area contributed by atoms with Crippen LogP contribution in [0.15, 0.2) is 29.2 Å². The van der Waals surface area contributed by atoms with E-state index in [2.05, 4.69) is 37.6 Å². The molecule has 0 aliphatic heterocycles. The molecule has 0 atom stereocenters. The van der Waals surface area contributed by atoms with Crippen LogP contribution in [0.2, 0.25) is 0 Å². The highest BCUT2D eigenvalue weighted by Gasteiger charge is 1.95. The van der Waals surface area contributed by atoms with E-state index in [0.717, 1.165) is 25.3 Å². The van der Waals surface area contributed by atoms with E-state index in [9.17, 15) is 0 Å². The monoisotopic (exact) mass is 239 g/mol. The maximum absolute atomic E-state index is 5.64. The predicted octanol–water partition coefficient (Wildman–Crippen LogP) is 3.18. The lowest BCUT2D eigenvalue weighted by Crippen LogP contribution is -2.24. The average molecular weight is 239 g/mol. The molecule has 0 saturated carbocycles. The Kier molecular flexibility index (Phi) is 6.34. The highest BCUT2D eigenvalue weighted by atomic mass is 32.2. The molecule has 0 fully saturated rings. The fraction of sp³-hybridized carbons (Fsp3) is 0.538. The largest absolute Gasteiger partial charge is 0.494 e. The van der Waals surface area contributed by atoms with Gasteiger partial charge in [-0.25, -0.2) is 0 Å². The maximum atomic E-state index is 5.64. The van der Waals surface area contributed by atoms with Crippen molar-refractivity contribution in [3.63, 3.8) is 0 Å².